The van der Waals surface area contributed by atoms with Crippen LogP contribution in [0.25, 0.3) is 0 Å². The van der Waals surface area contributed by atoms with Crippen LogP contribution in [0.1, 0.15) is 38.2 Å². The number of hydrogen-bond donors (Lipinski definition) is 1. The van der Waals surface area contributed by atoms with Crippen LogP contribution in [0.2, 0.25) is 5.02 Å². The molecule has 0 radical (unpaired) electrons. The van der Waals surface area contributed by atoms with Crippen molar-refractivity contribution in [2.75, 3.05) is 11.9 Å². The van der Waals surface area contributed by atoms with Crippen LogP contribution in [0.15, 0.2) is 48.5 Å². The zero-order valence-corrected chi connectivity index (χ0v) is 13.9. The summed E-state index contributed by atoms with van der Waals surface area (Å²) in [6, 6.07) is 15.9. The highest BCUT2D eigenvalue weighted by atomic mass is 35.5. The normalized spacial score (nSPS) is 10.5. The summed E-state index contributed by atoms with van der Waals surface area (Å²) < 4.78 is 5.93. The molecule has 0 aliphatic rings. The highest BCUT2D eigenvalue weighted by Gasteiger charge is 2.04. The molecule has 0 atom stereocenters. The van der Waals surface area contributed by atoms with Crippen molar-refractivity contribution in [1.29, 1.82) is 0 Å². The highest BCUT2D eigenvalue weighted by Crippen LogP contribution is 2.24. The third kappa shape index (κ3) is 5.27. The van der Waals surface area contributed by atoms with E-state index in [1.54, 1.807) is 0 Å². The van der Waals surface area contributed by atoms with Gasteiger partial charge in [0.1, 0.15) is 5.75 Å². The molecule has 0 spiro atoms. The van der Waals surface area contributed by atoms with E-state index in [2.05, 4.69) is 18.3 Å². The molecule has 1 N–H and O–H groups in total. The fraction of sp³-hybridized carbons (Fsp3) is 0.368. The second-order valence-electron chi connectivity index (χ2n) is 5.35. The minimum absolute atomic E-state index is 0.703. The van der Waals surface area contributed by atoms with Gasteiger partial charge in [0, 0.05) is 12.1 Å². The lowest BCUT2D eigenvalue weighted by atomic mass is 10.2. The van der Waals surface area contributed by atoms with E-state index in [4.69, 9.17) is 16.3 Å². The van der Waals surface area contributed by atoms with E-state index in [1.807, 2.05) is 42.5 Å². The Kier molecular flexibility index (Phi) is 7.11. The van der Waals surface area contributed by atoms with Crippen molar-refractivity contribution in [1.82, 2.24) is 0 Å². The fourth-order valence-corrected chi connectivity index (χ4v) is 2.50. The van der Waals surface area contributed by atoms with Gasteiger partial charge in [-0.05, 0) is 24.6 Å². The van der Waals surface area contributed by atoms with Crippen LogP contribution < -0.4 is 10.1 Å². The first-order valence-electron chi connectivity index (χ1n) is 8.00. The van der Waals surface area contributed by atoms with E-state index in [9.17, 15) is 0 Å². The van der Waals surface area contributed by atoms with Crippen molar-refractivity contribution in [3.8, 4) is 5.75 Å². The van der Waals surface area contributed by atoms with E-state index in [1.165, 1.54) is 19.3 Å². The quantitative estimate of drug-likeness (QED) is 0.580. The van der Waals surface area contributed by atoms with Crippen molar-refractivity contribution in [3.05, 3.63) is 59.1 Å². The second-order valence-corrected chi connectivity index (χ2v) is 5.76. The molecule has 0 fully saturated rings. The van der Waals surface area contributed by atoms with Crippen LogP contribution in [0.5, 0.6) is 5.75 Å². The maximum atomic E-state index is 6.17. The number of nitrogens with one attached hydrogen (secondary N) is 1. The first kappa shape index (κ1) is 16.7. The molecule has 0 saturated heterocycles. The summed E-state index contributed by atoms with van der Waals surface area (Å²) in [6.45, 7) is 3.70. The molecule has 0 unspecified atom stereocenters. The van der Waals surface area contributed by atoms with Crippen molar-refractivity contribution in [2.45, 2.75) is 39.2 Å². The van der Waals surface area contributed by atoms with Gasteiger partial charge in [-0.1, -0.05) is 68.1 Å². The van der Waals surface area contributed by atoms with Crippen LogP contribution in [-0.2, 0) is 6.54 Å². The molecule has 0 saturated carbocycles. The molecule has 3 heteroatoms. The van der Waals surface area contributed by atoms with Gasteiger partial charge < -0.3 is 10.1 Å². The molecule has 0 aromatic heterocycles. The Morgan fingerprint density at radius 1 is 0.955 bits per heavy atom. The predicted molar refractivity (Wildman–Crippen MR) is 94.9 cm³/mol. The summed E-state index contributed by atoms with van der Waals surface area (Å²) in [5.41, 5.74) is 2.10. The van der Waals surface area contributed by atoms with Crippen LogP contribution in [0, 0.1) is 0 Å². The van der Waals surface area contributed by atoms with Gasteiger partial charge in [-0.25, -0.2) is 0 Å². The lowest BCUT2D eigenvalue weighted by Crippen LogP contribution is -2.04. The standard InChI is InChI=1S/C19H24ClNO/c1-2-3-4-9-14-22-19-13-8-5-10-16(19)15-21-18-12-7-6-11-17(18)20/h5-8,10-13,21H,2-4,9,14-15H2,1H3. The SMILES string of the molecule is CCCCCCOc1ccccc1CNc1ccccc1Cl. The zero-order chi connectivity index (χ0) is 15.6. The molecule has 2 rings (SSSR count). The average molecular weight is 318 g/mol. The Labute approximate surface area is 138 Å². The maximum absolute atomic E-state index is 6.17. The minimum atomic E-state index is 0.703. The largest absolute Gasteiger partial charge is 0.493 e. The van der Waals surface area contributed by atoms with Gasteiger partial charge >= 0.3 is 0 Å². The van der Waals surface area contributed by atoms with E-state index < -0.39 is 0 Å². The summed E-state index contributed by atoms with van der Waals surface area (Å²) in [5, 5.41) is 4.10. The van der Waals surface area contributed by atoms with Gasteiger partial charge in [0.2, 0.25) is 0 Å². The molecule has 0 aliphatic heterocycles. The fourth-order valence-electron chi connectivity index (χ4n) is 2.30. The number of benzene rings is 2. The van der Waals surface area contributed by atoms with E-state index in [-0.39, 0.29) is 0 Å². The number of para-hydroxylation sites is 2. The monoisotopic (exact) mass is 317 g/mol. The molecular formula is C19H24ClNO. The molecule has 22 heavy (non-hydrogen) atoms. The summed E-state index contributed by atoms with van der Waals surface area (Å²) in [6.07, 6.45) is 4.87. The Bertz CT molecular complexity index is 571. The van der Waals surface area contributed by atoms with Crippen molar-refractivity contribution in [2.24, 2.45) is 0 Å². The number of halogens is 1. The van der Waals surface area contributed by atoms with E-state index >= 15 is 0 Å². The molecule has 0 amide bonds. The smallest absolute Gasteiger partial charge is 0.124 e. The van der Waals surface area contributed by atoms with Gasteiger partial charge in [0.15, 0.2) is 0 Å². The lowest BCUT2D eigenvalue weighted by Gasteiger charge is -2.13. The van der Waals surface area contributed by atoms with Crippen LogP contribution in [-0.4, -0.2) is 6.61 Å². The number of anilines is 1. The topological polar surface area (TPSA) is 21.3 Å². The average Bonchev–Trinajstić information content (AvgIpc) is 2.55. The van der Waals surface area contributed by atoms with Gasteiger partial charge in [-0.3, -0.25) is 0 Å². The van der Waals surface area contributed by atoms with Gasteiger partial charge in [0.05, 0.1) is 17.3 Å². The van der Waals surface area contributed by atoms with Crippen molar-refractivity contribution in [3.63, 3.8) is 0 Å². The molecule has 0 heterocycles. The Morgan fingerprint density at radius 2 is 1.73 bits per heavy atom. The molecule has 2 nitrogen and oxygen atoms in total. The molecule has 0 aliphatic carbocycles. The van der Waals surface area contributed by atoms with Crippen LogP contribution in [0.3, 0.4) is 0 Å². The number of rotatable bonds is 9. The lowest BCUT2D eigenvalue weighted by molar-refractivity contribution is 0.302. The third-order valence-electron chi connectivity index (χ3n) is 3.57. The molecule has 2 aromatic rings. The number of hydrogen-bond acceptors (Lipinski definition) is 2. The van der Waals surface area contributed by atoms with E-state index in [0.717, 1.165) is 35.1 Å². The minimum Gasteiger partial charge on any atom is -0.493 e. The third-order valence-corrected chi connectivity index (χ3v) is 3.90. The molecule has 2 aromatic carbocycles. The molecule has 118 valence electrons. The van der Waals surface area contributed by atoms with Crippen LogP contribution >= 0.6 is 11.6 Å². The molecule has 0 bridgehead atoms. The van der Waals surface area contributed by atoms with E-state index in [0.29, 0.717) is 6.54 Å². The predicted octanol–water partition coefficient (Wildman–Crippen LogP) is 5.91. The first-order valence-corrected chi connectivity index (χ1v) is 8.38. The summed E-state index contributed by atoms with van der Waals surface area (Å²) >= 11 is 6.17. The Hall–Kier alpha value is -1.67. The number of unbranched alkanes of at least 4 members (excludes halogenated alkanes) is 3. The Balaban J connectivity index is 1.89. The van der Waals surface area contributed by atoms with Gasteiger partial charge in [-0.15, -0.1) is 0 Å². The van der Waals surface area contributed by atoms with Crippen molar-refractivity contribution < 1.29 is 4.74 Å². The summed E-state index contributed by atoms with van der Waals surface area (Å²) in [4.78, 5) is 0. The first-order chi connectivity index (χ1) is 10.8. The number of ether oxygens (including phenoxy) is 1. The summed E-state index contributed by atoms with van der Waals surface area (Å²) in [7, 11) is 0. The summed E-state index contributed by atoms with van der Waals surface area (Å²) in [5.74, 6) is 0.957. The highest BCUT2D eigenvalue weighted by molar-refractivity contribution is 6.33. The van der Waals surface area contributed by atoms with Gasteiger partial charge in [0.25, 0.3) is 0 Å². The van der Waals surface area contributed by atoms with Crippen LogP contribution in [0.4, 0.5) is 5.69 Å². The molecular weight excluding hydrogens is 294 g/mol. The maximum Gasteiger partial charge on any atom is 0.124 e. The Morgan fingerprint density at radius 3 is 2.55 bits per heavy atom. The zero-order valence-electron chi connectivity index (χ0n) is 13.1. The second kappa shape index (κ2) is 9.37. The van der Waals surface area contributed by atoms with Gasteiger partial charge in [-0.2, -0.15) is 0 Å². The van der Waals surface area contributed by atoms with Crippen molar-refractivity contribution >= 4 is 17.3 Å².